The zero-order chi connectivity index (χ0) is 23.4. The Kier molecular flexibility index (Phi) is 7.62. The van der Waals surface area contributed by atoms with E-state index in [9.17, 15) is 13.2 Å². The zero-order valence-electron chi connectivity index (χ0n) is 19.4. The molecule has 1 atom stereocenters. The number of amides is 1. The molecule has 1 unspecified atom stereocenters. The first-order valence-electron chi connectivity index (χ1n) is 11.2. The molecular weight excluding hydrogens is 424 g/mol. The molecule has 1 N–H and O–H groups in total. The molecule has 0 aliphatic carbocycles. The van der Waals surface area contributed by atoms with Crippen molar-refractivity contribution in [3.05, 3.63) is 65.2 Å². The Hall–Kier alpha value is -2.38. The fraction of sp³-hybridized carbons (Fsp3) is 0.480. The lowest BCUT2D eigenvalue weighted by Crippen LogP contribution is -2.53. The minimum absolute atomic E-state index is 0.220. The Balaban J connectivity index is 1.89. The summed E-state index contributed by atoms with van der Waals surface area (Å²) < 4.78 is 32.5. The Morgan fingerprint density at radius 2 is 1.78 bits per heavy atom. The number of ether oxygens (including phenoxy) is 1. The molecule has 7 heteroatoms. The topological polar surface area (TPSA) is 75.7 Å². The molecule has 1 amide bonds. The third-order valence-electron chi connectivity index (χ3n) is 6.37. The molecule has 0 radical (unpaired) electrons. The standard InChI is InChI=1S/C25H34N2O4S/c1-5-22(27(32(4,29)30)23-17-19(2)11-12-20(23)3)24(28)26-18-25(13-15-31-16-14-25)21-9-7-6-8-10-21/h6-12,17,22H,5,13-16,18H2,1-4H3,(H,26,28). The largest absolute Gasteiger partial charge is 0.381 e. The maximum absolute atomic E-state index is 13.4. The van der Waals surface area contributed by atoms with E-state index in [1.165, 1.54) is 9.87 Å². The summed E-state index contributed by atoms with van der Waals surface area (Å²) in [5.41, 5.74) is 3.27. The summed E-state index contributed by atoms with van der Waals surface area (Å²) in [7, 11) is -3.67. The maximum Gasteiger partial charge on any atom is 0.243 e. The number of anilines is 1. The van der Waals surface area contributed by atoms with E-state index < -0.39 is 16.1 Å². The number of carbonyl (C=O) groups excluding carboxylic acids is 1. The first kappa shape index (κ1) is 24.3. The van der Waals surface area contributed by atoms with Gasteiger partial charge >= 0.3 is 0 Å². The monoisotopic (exact) mass is 458 g/mol. The van der Waals surface area contributed by atoms with Crippen LogP contribution in [0.2, 0.25) is 0 Å². The van der Waals surface area contributed by atoms with Gasteiger partial charge in [0.1, 0.15) is 6.04 Å². The Morgan fingerprint density at radius 3 is 2.38 bits per heavy atom. The third kappa shape index (κ3) is 5.33. The van der Waals surface area contributed by atoms with E-state index in [1.54, 1.807) is 0 Å². The van der Waals surface area contributed by atoms with Crippen molar-refractivity contribution in [2.24, 2.45) is 0 Å². The lowest BCUT2D eigenvalue weighted by atomic mass is 9.74. The van der Waals surface area contributed by atoms with E-state index in [2.05, 4.69) is 17.4 Å². The van der Waals surface area contributed by atoms with Crippen molar-refractivity contribution in [3.8, 4) is 0 Å². The number of carbonyl (C=O) groups is 1. The molecule has 6 nitrogen and oxygen atoms in total. The van der Waals surface area contributed by atoms with Gasteiger partial charge in [-0.1, -0.05) is 49.4 Å². The lowest BCUT2D eigenvalue weighted by molar-refractivity contribution is -0.122. The van der Waals surface area contributed by atoms with Crippen LogP contribution in [-0.2, 0) is 25.0 Å². The molecule has 0 saturated carbocycles. The number of sulfonamides is 1. The van der Waals surface area contributed by atoms with Crippen LogP contribution in [-0.4, -0.2) is 46.4 Å². The minimum Gasteiger partial charge on any atom is -0.381 e. The fourth-order valence-electron chi connectivity index (χ4n) is 4.49. The van der Waals surface area contributed by atoms with Crippen LogP contribution in [0.25, 0.3) is 0 Å². The summed E-state index contributed by atoms with van der Waals surface area (Å²) >= 11 is 0. The van der Waals surface area contributed by atoms with Gasteiger partial charge < -0.3 is 10.1 Å². The van der Waals surface area contributed by atoms with E-state index >= 15 is 0 Å². The molecule has 0 bridgehead atoms. The quantitative estimate of drug-likeness (QED) is 0.654. The highest BCUT2D eigenvalue weighted by Gasteiger charge is 2.37. The van der Waals surface area contributed by atoms with E-state index in [0.717, 1.165) is 30.2 Å². The number of hydrogen-bond donors (Lipinski definition) is 1. The van der Waals surface area contributed by atoms with Crippen molar-refractivity contribution < 1.29 is 17.9 Å². The number of benzene rings is 2. The molecule has 1 fully saturated rings. The molecule has 1 saturated heterocycles. The van der Waals surface area contributed by atoms with Gasteiger partial charge in [0.2, 0.25) is 15.9 Å². The second-order valence-corrected chi connectivity index (χ2v) is 10.6. The Morgan fingerprint density at radius 1 is 1.12 bits per heavy atom. The molecule has 1 aliphatic rings. The molecular formula is C25H34N2O4S. The number of nitrogens with zero attached hydrogens (tertiary/aromatic N) is 1. The van der Waals surface area contributed by atoms with Crippen molar-refractivity contribution in [1.82, 2.24) is 5.32 Å². The van der Waals surface area contributed by atoms with Gasteiger partial charge in [0.15, 0.2) is 0 Å². The Labute approximate surface area is 192 Å². The van der Waals surface area contributed by atoms with E-state index in [0.29, 0.717) is 31.9 Å². The molecule has 174 valence electrons. The highest BCUT2D eigenvalue weighted by molar-refractivity contribution is 7.92. The van der Waals surface area contributed by atoms with Gasteiger partial charge in [-0.3, -0.25) is 9.10 Å². The SMILES string of the molecule is CCC(C(=O)NCC1(c2ccccc2)CCOCC1)N(c1cc(C)ccc1C)S(C)(=O)=O. The number of rotatable bonds is 8. The van der Waals surface area contributed by atoms with Crippen LogP contribution in [0.1, 0.15) is 42.9 Å². The van der Waals surface area contributed by atoms with Gasteiger partial charge in [0, 0.05) is 25.2 Å². The number of aryl methyl sites for hydroxylation is 2. The van der Waals surface area contributed by atoms with Crippen molar-refractivity contribution in [3.63, 3.8) is 0 Å². The van der Waals surface area contributed by atoms with Crippen LogP contribution in [0.5, 0.6) is 0 Å². The Bertz CT molecular complexity index is 1030. The van der Waals surface area contributed by atoms with Crippen molar-refractivity contribution in [2.45, 2.75) is 51.5 Å². The summed E-state index contributed by atoms with van der Waals surface area (Å²) in [4.78, 5) is 13.4. The molecule has 1 heterocycles. The highest BCUT2D eigenvalue weighted by atomic mass is 32.2. The smallest absolute Gasteiger partial charge is 0.243 e. The molecule has 32 heavy (non-hydrogen) atoms. The highest BCUT2D eigenvalue weighted by Crippen LogP contribution is 2.34. The van der Waals surface area contributed by atoms with Crippen LogP contribution in [0, 0.1) is 13.8 Å². The van der Waals surface area contributed by atoms with Gasteiger partial charge in [-0.05, 0) is 55.9 Å². The van der Waals surface area contributed by atoms with Crippen LogP contribution < -0.4 is 9.62 Å². The van der Waals surface area contributed by atoms with Gasteiger partial charge in [-0.2, -0.15) is 0 Å². The normalized spacial score (nSPS) is 16.9. The average Bonchev–Trinajstić information content (AvgIpc) is 2.78. The average molecular weight is 459 g/mol. The zero-order valence-corrected chi connectivity index (χ0v) is 20.2. The summed E-state index contributed by atoms with van der Waals surface area (Å²) in [5, 5.41) is 3.10. The van der Waals surface area contributed by atoms with E-state index in [-0.39, 0.29) is 11.3 Å². The number of hydrogen-bond acceptors (Lipinski definition) is 4. The minimum atomic E-state index is -3.67. The second-order valence-electron chi connectivity index (χ2n) is 8.75. The molecule has 3 rings (SSSR count). The van der Waals surface area contributed by atoms with E-state index in [4.69, 9.17) is 4.74 Å². The fourth-order valence-corrected chi connectivity index (χ4v) is 5.75. The second kappa shape index (κ2) is 10.0. The van der Waals surface area contributed by atoms with Crippen LogP contribution >= 0.6 is 0 Å². The molecule has 0 aromatic heterocycles. The predicted molar refractivity (Wildman–Crippen MR) is 129 cm³/mol. The van der Waals surface area contributed by atoms with Gasteiger partial charge in [-0.25, -0.2) is 8.42 Å². The van der Waals surface area contributed by atoms with Crippen LogP contribution in [0.4, 0.5) is 5.69 Å². The van der Waals surface area contributed by atoms with E-state index in [1.807, 2.05) is 57.2 Å². The summed E-state index contributed by atoms with van der Waals surface area (Å²) in [6, 6.07) is 15.0. The van der Waals surface area contributed by atoms with Gasteiger partial charge in [0.05, 0.1) is 11.9 Å². The molecule has 2 aromatic rings. The van der Waals surface area contributed by atoms with Gasteiger partial charge in [0.25, 0.3) is 0 Å². The lowest BCUT2D eigenvalue weighted by Gasteiger charge is -2.39. The number of nitrogens with one attached hydrogen (secondary N) is 1. The first-order valence-corrected chi connectivity index (χ1v) is 13.0. The summed E-state index contributed by atoms with van der Waals surface area (Å²) in [5.74, 6) is -0.277. The summed E-state index contributed by atoms with van der Waals surface area (Å²) in [6.45, 7) is 7.35. The predicted octanol–water partition coefficient (Wildman–Crippen LogP) is 3.71. The van der Waals surface area contributed by atoms with Crippen LogP contribution in [0.3, 0.4) is 0 Å². The third-order valence-corrected chi connectivity index (χ3v) is 7.53. The summed E-state index contributed by atoms with van der Waals surface area (Å²) in [6.07, 6.45) is 3.14. The van der Waals surface area contributed by atoms with Crippen LogP contribution in [0.15, 0.2) is 48.5 Å². The van der Waals surface area contributed by atoms with Gasteiger partial charge in [-0.15, -0.1) is 0 Å². The molecule has 2 aromatic carbocycles. The van der Waals surface area contributed by atoms with Crippen molar-refractivity contribution in [2.75, 3.05) is 30.3 Å². The van der Waals surface area contributed by atoms with Crippen molar-refractivity contribution in [1.29, 1.82) is 0 Å². The molecule has 1 aliphatic heterocycles. The molecule has 0 spiro atoms. The first-order chi connectivity index (χ1) is 15.2. The van der Waals surface area contributed by atoms with Crippen molar-refractivity contribution >= 4 is 21.6 Å². The maximum atomic E-state index is 13.4.